The van der Waals surface area contributed by atoms with Crippen LogP contribution in [0.3, 0.4) is 0 Å². The number of benzene rings is 1. The smallest absolute Gasteiger partial charge is 0.332 e. The quantitative estimate of drug-likeness (QED) is 0.276. The number of nitrogens with zero attached hydrogens (tertiary/aromatic N) is 5. The maximum absolute atomic E-state index is 13.0. The van der Waals surface area contributed by atoms with E-state index in [1.54, 1.807) is 4.57 Å². The van der Waals surface area contributed by atoms with Crippen LogP contribution in [0.5, 0.6) is 0 Å². The van der Waals surface area contributed by atoms with E-state index in [1.165, 1.54) is 4.57 Å². The van der Waals surface area contributed by atoms with Crippen LogP contribution in [-0.2, 0) is 19.5 Å². The molecular formula is C23H27ClN6O3. The van der Waals surface area contributed by atoms with Crippen molar-refractivity contribution in [3.05, 3.63) is 61.8 Å². The van der Waals surface area contributed by atoms with Gasteiger partial charge in [0.1, 0.15) is 0 Å². The van der Waals surface area contributed by atoms with Crippen LogP contribution >= 0.6 is 11.6 Å². The molecule has 0 radical (unpaired) electrons. The zero-order valence-corrected chi connectivity index (χ0v) is 19.6. The monoisotopic (exact) mass is 470 g/mol. The number of aromatic amines is 1. The highest BCUT2D eigenvalue weighted by atomic mass is 35.5. The number of H-pyrrole nitrogens is 1. The van der Waals surface area contributed by atoms with E-state index < -0.39 is 5.56 Å². The predicted octanol–water partition coefficient (Wildman–Crippen LogP) is 4.11. The van der Waals surface area contributed by atoms with Gasteiger partial charge in [0, 0.05) is 25.1 Å². The minimum absolute atomic E-state index is 0.102. The second-order valence-electron chi connectivity index (χ2n) is 8.16. The molecule has 0 aliphatic carbocycles. The van der Waals surface area contributed by atoms with Crippen LogP contribution in [0, 0.1) is 6.92 Å². The van der Waals surface area contributed by atoms with E-state index in [9.17, 15) is 9.59 Å². The zero-order chi connectivity index (χ0) is 23.4. The molecule has 9 nitrogen and oxygen atoms in total. The third kappa shape index (κ3) is 5.08. The molecule has 1 N–H and O–H groups in total. The van der Waals surface area contributed by atoms with Gasteiger partial charge >= 0.3 is 5.69 Å². The second kappa shape index (κ2) is 10.2. The number of nitrogens with one attached hydrogen (secondary N) is 1. The topological polar surface area (TPSA) is 112 Å². The van der Waals surface area contributed by atoms with E-state index in [0.717, 1.165) is 30.4 Å². The summed E-state index contributed by atoms with van der Waals surface area (Å²) in [6, 6.07) is 7.89. The number of rotatable bonds is 10. The normalized spacial score (nSPS) is 11.5. The van der Waals surface area contributed by atoms with E-state index >= 15 is 0 Å². The van der Waals surface area contributed by atoms with Gasteiger partial charge in [0.05, 0.1) is 0 Å². The summed E-state index contributed by atoms with van der Waals surface area (Å²) in [4.78, 5) is 37.3. The van der Waals surface area contributed by atoms with Gasteiger partial charge in [-0.2, -0.15) is 9.97 Å². The Bertz CT molecular complexity index is 1350. The van der Waals surface area contributed by atoms with Crippen LogP contribution in [0.15, 0.2) is 38.4 Å². The number of imidazole rings is 1. The van der Waals surface area contributed by atoms with Crippen molar-refractivity contribution in [1.29, 1.82) is 0 Å². The fourth-order valence-corrected chi connectivity index (χ4v) is 3.95. The lowest BCUT2D eigenvalue weighted by atomic mass is 10.1. The molecule has 33 heavy (non-hydrogen) atoms. The number of hydrogen-bond donors (Lipinski definition) is 1. The molecule has 0 saturated carbocycles. The van der Waals surface area contributed by atoms with Crippen LogP contribution in [0.2, 0.25) is 5.28 Å². The first-order valence-electron chi connectivity index (χ1n) is 11.3. The molecule has 0 amide bonds. The first kappa shape index (κ1) is 23.0. The van der Waals surface area contributed by atoms with E-state index in [-0.39, 0.29) is 16.5 Å². The average Bonchev–Trinajstić information content (AvgIpc) is 3.43. The highest BCUT2D eigenvalue weighted by molar-refractivity contribution is 6.28. The third-order valence-corrected chi connectivity index (χ3v) is 5.80. The Morgan fingerprint density at radius 3 is 2.48 bits per heavy atom. The minimum Gasteiger partial charge on any atom is -0.334 e. The lowest BCUT2D eigenvalue weighted by Gasteiger charge is -2.11. The summed E-state index contributed by atoms with van der Waals surface area (Å²) in [6.07, 6.45) is 4.76. The number of aromatic nitrogens is 6. The minimum atomic E-state index is -0.401. The molecule has 10 heteroatoms. The number of unbranched alkanes of at least 4 members (excludes halogenated alkanes) is 3. The molecular weight excluding hydrogens is 444 g/mol. The number of hydrogen-bond acceptors (Lipinski definition) is 6. The van der Waals surface area contributed by atoms with Crippen LogP contribution in [0.1, 0.15) is 50.4 Å². The first-order chi connectivity index (χ1) is 16.0. The summed E-state index contributed by atoms with van der Waals surface area (Å²) in [5.41, 5.74) is 1.86. The van der Waals surface area contributed by atoms with Crippen molar-refractivity contribution >= 4 is 22.8 Å². The molecule has 0 bridgehead atoms. The molecule has 0 saturated heterocycles. The molecule has 3 heterocycles. The average molecular weight is 471 g/mol. The van der Waals surface area contributed by atoms with Crippen LogP contribution in [0.4, 0.5) is 0 Å². The van der Waals surface area contributed by atoms with Gasteiger partial charge in [-0.25, -0.2) is 4.79 Å². The Balaban J connectivity index is 1.44. The van der Waals surface area contributed by atoms with Gasteiger partial charge in [-0.1, -0.05) is 42.6 Å². The van der Waals surface area contributed by atoms with Crippen molar-refractivity contribution in [1.82, 2.24) is 29.2 Å². The molecule has 0 fully saturated rings. The van der Waals surface area contributed by atoms with Crippen molar-refractivity contribution in [2.75, 3.05) is 0 Å². The highest BCUT2D eigenvalue weighted by Gasteiger charge is 2.17. The van der Waals surface area contributed by atoms with Gasteiger partial charge < -0.3 is 9.51 Å². The van der Waals surface area contributed by atoms with Crippen LogP contribution in [-0.4, -0.2) is 29.2 Å². The van der Waals surface area contributed by atoms with E-state index in [4.69, 9.17) is 16.1 Å². The van der Waals surface area contributed by atoms with E-state index in [1.807, 2.05) is 31.2 Å². The van der Waals surface area contributed by atoms with Gasteiger partial charge in [0.25, 0.3) is 11.4 Å². The SMILES string of the molecule is CCCCCn1c(=O)n(CCCCc2noc(-c3ccc(C)cc3)n2)c(=O)c2[nH]c(Cl)nc21. The van der Waals surface area contributed by atoms with Crippen molar-refractivity contribution in [2.24, 2.45) is 0 Å². The Morgan fingerprint density at radius 1 is 1.00 bits per heavy atom. The third-order valence-electron chi connectivity index (χ3n) is 5.62. The molecule has 0 spiro atoms. The molecule has 0 aliphatic rings. The Morgan fingerprint density at radius 2 is 1.73 bits per heavy atom. The van der Waals surface area contributed by atoms with Gasteiger partial charge in [0.2, 0.25) is 5.28 Å². The molecule has 4 aromatic rings. The van der Waals surface area contributed by atoms with Crippen molar-refractivity contribution in [3.8, 4) is 11.5 Å². The molecule has 1 aromatic carbocycles. The second-order valence-corrected chi connectivity index (χ2v) is 8.52. The zero-order valence-electron chi connectivity index (χ0n) is 18.8. The van der Waals surface area contributed by atoms with Crippen molar-refractivity contribution in [2.45, 2.75) is 65.5 Å². The summed E-state index contributed by atoms with van der Waals surface area (Å²) < 4.78 is 8.17. The van der Waals surface area contributed by atoms with E-state index in [0.29, 0.717) is 49.7 Å². The summed E-state index contributed by atoms with van der Waals surface area (Å²) in [7, 11) is 0. The largest absolute Gasteiger partial charge is 0.334 e. The molecule has 0 aliphatic heterocycles. The standard InChI is InChI=1S/C23H27ClN6O3/c1-3-4-6-13-29-19-18(26-22(24)27-19)21(31)30(23(29)32)14-7-5-8-17-25-20(33-28-17)16-11-9-15(2)10-12-16/h9-12H,3-8,13-14H2,1-2H3,(H,26,27). The lowest BCUT2D eigenvalue weighted by molar-refractivity contribution is 0.420. The summed E-state index contributed by atoms with van der Waals surface area (Å²) in [5.74, 6) is 1.09. The Labute approximate surface area is 195 Å². The Kier molecular flexibility index (Phi) is 7.08. The molecule has 4 rings (SSSR count). The van der Waals surface area contributed by atoms with Gasteiger partial charge in [-0.05, 0) is 49.9 Å². The maximum atomic E-state index is 13.0. The molecule has 174 valence electrons. The molecule has 3 aromatic heterocycles. The summed E-state index contributed by atoms with van der Waals surface area (Å²) >= 11 is 5.99. The van der Waals surface area contributed by atoms with Crippen LogP contribution in [0.25, 0.3) is 22.6 Å². The number of fused-ring (bicyclic) bond motifs is 1. The predicted molar refractivity (Wildman–Crippen MR) is 127 cm³/mol. The van der Waals surface area contributed by atoms with Gasteiger partial charge in [-0.15, -0.1) is 0 Å². The fourth-order valence-electron chi connectivity index (χ4n) is 3.78. The first-order valence-corrected chi connectivity index (χ1v) is 11.6. The van der Waals surface area contributed by atoms with E-state index in [2.05, 4.69) is 27.0 Å². The highest BCUT2D eigenvalue weighted by Crippen LogP contribution is 2.18. The van der Waals surface area contributed by atoms with Crippen molar-refractivity contribution in [3.63, 3.8) is 0 Å². The summed E-state index contributed by atoms with van der Waals surface area (Å²) in [5, 5.41) is 4.15. The summed E-state index contributed by atoms with van der Waals surface area (Å²) in [6.45, 7) is 4.90. The maximum Gasteiger partial charge on any atom is 0.332 e. The Hall–Kier alpha value is -3.20. The van der Waals surface area contributed by atoms with Gasteiger partial charge in [-0.3, -0.25) is 13.9 Å². The fraction of sp³-hybridized carbons (Fsp3) is 0.435. The molecule has 0 unspecified atom stereocenters. The van der Waals surface area contributed by atoms with Gasteiger partial charge in [0.15, 0.2) is 17.0 Å². The van der Waals surface area contributed by atoms with Crippen LogP contribution < -0.4 is 11.2 Å². The number of aryl methyl sites for hydroxylation is 3. The lowest BCUT2D eigenvalue weighted by Crippen LogP contribution is -2.40. The number of halogens is 1. The molecule has 0 atom stereocenters. The van der Waals surface area contributed by atoms with Crippen molar-refractivity contribution < 1.29 is 4.52 Å².